The number of thiazole rings is 1. The van der Waals surface area contributed by atoms with E-state index in [-0.39, 0.29) is 12.2 Å². The van der Waals surface area contributed by atoms with Gasteiger partial charge in [-0.25, -0.2) is 4.98 Å². The summed E-state index contributed by atoms with van der Waals surface area (Å²) in [5.74, 6) is -1.05. The van der Waals surface area contributed by atoms with E-state index in [0.717, 1.165) is 10.6 Å². The van der Waals surface area contributed by atoms with Crippen molar-refractivity contribution in [3.05, 3.63) is 65.4 Å². The number of esters is 1. The van der Waals surface area contributed by atoms with Crippen molar-refractivity contribution in [2.75, 3.05) is 5.32 Å². The molecule has 0 aliphatic carbocycles. The number of hydrogen-bond acceptors (Lipinski definition) is 7. The lowest BCUT2D eigenvalue weighted by molar-refractivity contribution is -0.152. The molecule has 2 heterocycles. The number of ether oxygens (including phenoxy) is 1. The largest absolute Gasteiger partial charge is 0.452 e. The summed E-state index contributed by atoms with van der Waals surface area (Å²) in [6.07, 6.45) is 2.39. The Morgan fingerprint density at radius 3 is 2.59 bits per heavy atom. The second-order valence-electron chi connectivity index (χ2n) is 6.32. The van der Waals surface area contributed by atoms with Crippen LogP contribution in [0, 0.1) is 0 Å². The zero-order valence-electron chi connectivity index (χ0n) is 15.9. The van der Waals surface area contributed by atoms with Gasteiger partial charge in [-0.05, 0) is 50.2 Å². The molecule has 1 amide bonds. The molecule has 1 atom stereocenters. The summed E-state index contributed by atoms with van der Waals surface area (Å²) in [5, 5.41) is 5.20. The molecule has 0 fully saturated rings. The van der Waals surface area contributed by atoms with Crippen molar-refractivity contribution in [1.82, 2.24) is 9.97 Å². The number of pyridine rings is 1. The molecule has 0 spiro atoms. The van der Waals surface area contributed by atoms with E-state index in [1.54, 1.807) is 42.0 Å². The Hall–Kier alpha value is -3.39. The molecule has 0 saturated carbocycles. The summed E-state index contributed by atoms with van der Waals surface area (Å²) >= 11 is 1.41. The molecular formula is C21H19N3O4S. The number of carbonyl (C=O) groups excluding carboxylic acids is 3. The predicted octanol–water partition coefficient (Wildman–Crippen LogP) is 3.52. The van der Waals surface area contributed by atoms with Gasteiger partial charge in [-0.3, -0.25) is 19.4 Å². The van der Waals surface area contributed by atoms with E-state index < -0.39 is 18.0 Å². The predicted molar refractivity (Wildman–Crippen MR) is 110 cm³/mol. The van der Waals surface area contributed by atoms with E-state index in [1.165, 1.54) is 25.2 Å². The minimum absolute atomic E-state index is 0.0261. The van der Waals surface area contributed by atoms with Crippen LogP contribution in [-0.4, -0.2) is 33.7 Å². The van der Waals surface area contributed by atoms with Crippen LogP contribution < -0.4 is 5.32 Å². The fourth-order valence-electron chi connectivity index (χ4n) is 2.48. The first-order chi connectivity index (χ1) is 13.9. The topological polar surface area (TPSA) is 98.2 Å². The van der Waals surface area contributed by atoms with Crippen molar-refractivity contribution in [2.45, 2.75) is 26.4 Å². The molecule has 0 radical (unpaired) electrons. The molecule has 0 aliphatic heterocycles. The lowest BCUT2D eigenvalue weighted by atomic mass is 10.1. The average Bonchev–Trinajstić information content (AvgIpc) is 3.17. The zero-order chi connectivity index (χ0) is 20.8. The van der Waals surface area contributed by atoms with Gasteiger partial charge in [0.1, 0.15) is 5.01 Å². The van der Waals surface area contributed by atoms with Gasteiger partial charge in [0.05, 0.1) is 12.1 Å². The van der Waals surface area contributed by atoms with Crippen molar-refractivity contribution in [3.8, 4) is 10.6 Å². The number of aromatic nitrogens is 2. The van der Waals surface area contributed by atoms with Gasteiger partial charge < -0.3 is 10.1 Å². The number of rotatable bonds is 7. The van der Waals surface area contributed by atoms with Gasteiger partial charge in [-0.2, -0.15) is 0 Å². The molecule has 1 N–H and O–H groups in total. The molecule has 8 heteroatoms. The summed E-state index contributed by atoms with van der Waals surface area (Å²) in [5.41, 5.74) is 2.52. The van der Waals surface area contributed by atoms with Crippen molar-refractivity contribution >= 4 is 34.7 Å². The third-order valence-corrected chi connectivity index (χ3v) is 4.96. The minimum Gasteiger partial charge on any atom is -0.452 e. The summed E-state index contributed by atoms with van der Waals surface area (Å²) in [7, 11) is 0. The van der Waals surface area contributed by atoms with Crippen LogP contribution in [0.3, 0.4) is 0 Å². The molecule has 7 nitrogen and oxygen atoms in total. The molecule has 0 unspecified atom stereocenters. The van der Waals surface area contributed by atoms with Crippen molar-refractivity contribution in [2.24, 2.45) is 0 Å². The van der Waals surface area contributed by atoms with Crippen LogP contribution in [0.5, 0.6) is 0 Å². The number of carbonyl (C=O) groups is 3. The molecular weight excluding hydrogens is 390 g/mol. The lowest BCUT2D eigenvalue weighted by Gasteiger charge is -2.13. The molecule has 3 aromatic rings. The van der Waals surface area contributed by atoms with Gasteiger partial charge in [-0.15, -0.1) is 11.3 Å². The van der Waals surface area contributed by atoms with Crippen LogP contribution in [0.1, 0.15) is 29.9 Å². The van der Waals surface area contributed by atoms with Crippen LogP contribution in [0.4, 0.5) is 5.69 Å². The average molecular weight is 409 g/mol. The second-order valence-corrected chi connectivity index (χ2v) is 7.18. The maximum atomic E-state index is 12.2. The first-order valence-electron chi connectivity index (χ1n) is 8.88. The molecule has 0 aliphatic rings. The molecule has 29 heavy (non-hydrogen) atoms. The maximum absolute atomic E-state index is 12.2. The number of benzene rings is 1. The first-order valence-corrected chi connectivity index (χ1v) is 9.76. The molecule has 2 aromatic heterocycles. The number of nitrogens with one attached hydrogen (secondary N) is 1. The Morgan fingerprint density at radius 1 is 1.17 bits per heavy atom. The fourth-order valence-corrected chi connectivity index (χ4v) is 3.29. The van der Waals surface area contributed by atoms with E-state index in [2.05, 4.69) is 15.3 Å². The highest BCUT2D eigenvalue weighted by atomic mass is 32.1. The SMILES string of the molecule is CC(=O)c1ccc(NC(=O)[C@H](C)OC(=O)Cc2csc(-c3cccnc3)n2)cc1. The summed E-state index contributed by atoms with van der Waals surface area (Å²) in [4.78, 5) is 44.1. The van der Waals surface area contributed by atoms with E-state index in [1.807, 2.05) is 12.1 Å². The Labute approximate surface area is 171 Å². The van der Waals surface area contributed by atoms with E-state index >= 15 is 0 Å². The Bertz CT molecular complexity index is 1020. The maximum Gasteiger partial charge on any atom is 0.312 e. The van der Waals surface area contributed by atoms with E-state index in [4.69, 9.17) is 4.74 Å². The number of amides is 1. The van der Waals surface area contributed by atoms with Crippen LogP contribution in [0.25, 0.3) is 10.6 Å². The standard InChI is InChI=1S/C21H19N3O4S/c1-13(25)15-5-7-17(8-6-15)23-20(27)14(2)28-19(26)10-18-12-29-21(24-18)16-4-3-9-22-11-16/h3-9,11-12,14H,10H2,1-2H3,(H,23,27)/t14-/m0/s1. The molecule has 1 aromatic carbocycles. The summed E-state index contributed by atoms with van der Waals surface area (Å²) in [6.45, 7) is 2.97. The third-order valence-electron chi connectivity index (χ3n) is 4.02. The van der Waals surface area contributed by atoms with Gasteiger partial charge in [-0.1, -0.05) is 0 Å². The van der Waals surface area contributed by atoms with Gasteiger partial charge >= 0.3 is 5.97 Å². The van der Waals surface area contributed by atoms with Crippen molar-refractivity contribution < 1.29 is 19.1 Å². The second kappa shape index (κ2) is 9.20. The van der Waals surface area contributed by atoms with E-state index in [9.17, 15) is 14.4 Å². The third kappa shape index (κ3) is 5.55. The monoisotopic (exact) mass is 409 g/mol. The fraction of sp³-hybridized carbons (Fsp3) is 0.190. The van der Waals surface area contributed by atoms with Crippen LogP contribution >= 0.6 is 11.3 Å². The van der Waals surface area contributed by atoms with Crippen molar-refractivity contribution in [1.29, 1.82) is 0 Å². The van der Waals surface area contributed by atoms with Gasteiger partial charge in [0.2, 0.25) is 0 Å². The highest BCUT2D eigenvalue weighted by Gasteiger charge is 2.19. The normalized spacial score (nSPS) is 11.5. The van der Waals surface area contributed by atoms with Gasteiger partial charge in [0, 0.05) is 34.6 Å². The number of ketones is 1. The number of nitrogens with zero attached hydrogens (tertiary/aromatic N) is 2. The number of Topliss-reactive ketones (excluding diaryl/α,β-unsaturated/α-hetero) is 1. The quantitative estimate of drug-likeness (QED) is 0.474. The lowest BCUT2D eigenvalue weighted by Crippen LogP contribution is -2.30. The van der Waals surface area contributed by atoms with E-state index in [0.29, 0.717) is 16.9 Å². The van der Waals surface area contributed by atoms with Gasteiger partial charge in [0.25, 0.3) is 5.91 Å². The molecule has 0 bridgehead atoms. The Balaban J connectivity index is 1.53. The Morgan fingerprint density at radius 2 is 1.93 bits per heavy atom. The zero-order valence-corrected chi connectivity index (χ0v) is 16.7. The van der Waals surface area contributed by atoms with Crippen LogP contribution in [0.15, 0.2) is 54.2 Å². The van der Waals surface area contributed by atoms with Crippen molar-refractivity contribution in [3.63, 3.8) is 0 Å². The number of hydrogen-bond donors (Lipinski definition) is 1. The summed E-state index contributed by atoms with van der Waals surface area (Å²) in [6, 6.07) is 10.2. The summed E-state index contributed by atoms with van der Waals surface area (Å²) < 4.78 is 5.21. The molecule has 3 rings (SSSR count). The Kier molecular flexibility index (Phi) is 6.46. The number of anilines is 1. The highest BCUT2D eigenvalue weighted by Crippen LogP contribution is 2.23. The molecule has 0 saturated heterocycles. The van der Waals surface area contributed by atoms with Crippen LogP contribution in [0.2, 0.25) is 0 Å². The first kappa shape index (κ1) is 20.3. The smallest absolute Gasteiger partial charge is 0.312 e. The van der Waals surface area contributed by atoms with Gasteiger partial charge in [0.15, 0.2) is 11.9 Å². The highest BCUT2D eigenvalue weighted by molar-refractivity contribution is 7.13. The molecule has 148 valence electrons. The van der Waals surface area contributed by atoms with Crippen LogP contribution in [-0.2, 0) is 20.7 Å². The minimum atomic E-state index is -0.966.